The maximum Gasteiger partial charge on any atom is 0.195 e. The number of Topliss-reactive ketones (excluding diaryl/α,β-unsaturated/α-hetero) is 1. The van der Waals surface area contributed by atoms with Crippen molar-refractivity contribution in [3.63, 3.8) is 0 Å². The van der Waals surface area contributed by atoms with Gasteiger partial charge in [-0.1, -0.05) is 12.1 Å². The van der Waals surface area contributed by atoms with Crippen molar-refractivity contribution in [2.75, 3.05) is 6.26 Å². The lowest BCUT2D eigenvalue weighted by Crippen LogP contribution is -2.12. The number of carbonyl (C=O) groups excluding carboxylic acids is 1. The van der Waals surface area contributed by atoms with Crippen LogP contribution >= 0.6 is 11.8 Å². The van der Waals surface area contributed by atoms with Crippen LogP contribution < -0.4 is 0 Å². The van der Waals surface area contributed by atoms with E-state index in [4.69, 9.17) is 0 Å². The molecule has 2 aromatic rings. The first kappa shape index (κ1) is 14.7. The third-order valence-electron chi connectivity index (χ3n) is 2.88. The fourth-order valence-electron chi connectivity index (χ4n) is 1.74. The number of benzene rings is 2. The van der Waals surface area contributed by atoms with E-state index >= 15 is 0 Å². The Balaban J connectivity index is 2.24. The van der Waals surface area contributed by atoms with E-state index in [1.165, 1.54) is 11.8 Å². The van der Waals surface area contributed by atoms with Gasteiger partial charge < -0.3 is 5.11 Å². The number of ketones is 1. The molecule has 2 nitrogen and oxygen atoms in total. The monoisotopic (exact) mass is 294 g/mol. The van der Waals surface area contributed by atoms with Crippen molar-refractivity contribution in [3.8, 4) is 0 Å². The molecule has 5 heteroatoms. The molecular weight excluding hydrogens is 282 g/mol. The van der Waals surface area contributed by atoms with Crippen molar-refractivity contribution in [2.24, 2.45) is 0 Å². The van der Waals surface area contributed by atoms with Crippen LogP contribution in [0.3, 0.4) is 0 Å². The maximum atomic E-state index is 13.1. The van der Waals surface area contributed by atoms with E-state index < -0.39 is 23.5 Å². The van der Waals surface area contributed by atoms with E-state index in [2.05, 4.69) is 0 Å². The summed E-state index contributed by atoms with van der Waals surface area (Å²) in [6, 6.07) is 9.63. The van der Waals surface area contributed by atoms with Gasteiger partial charge in [-0.05, 0) is 42.2 Å². The summed E-state index contributed by atoms with van der Waals surface area (Å²) >= 11 is 1.54. The van der Waals surface area contributed by atoms with Crippen LogP contribution in [0, 0.1) is 11.6 Å². The van der Waals surface area contributed by atoms with Gasteiger partial charge in [0.2, 0.25) is 0 Å². The van der Waals surface area contributed by atoms with Crippen molar-refractivity contribution in [3.05, 3.63) is 65.2 Å². The lowest BCUT2D eigenvalue weighted by molar-refractivity contribution is 0.0747. The van der Waals surface area contributed by atoms with Gasteiger partial charge in [0, 0.05) is 10.5 Å². The van der Waals surface area contributed by atoms with Gasteiger partial charge in [0.1, 0.15) is 6.10 Å². The number of aliphatic hydroxyl groups is 1. The van der Waals surface area contributed by atoms with Gasteiger partial charge >= 0.3 is 0 Å². The number of hydrogen-bond donors (Lipinski definition) is 1. The number of rotatable bonds is 4. The van der Waals surface area contributed by atoms with Crippen LogP contribution in [0.1, 0.15) is 22.0 Å². The predicted molar refractivity (Wildman–Crippen MR) is 73.9 cm³/mol. The van der Waals surface area contributed by atoms with E-state index in [-0.39, 0.29) is 5.56 Å². The second kappa shape index (κ2) is 6.15. The van der Waals surface area contributed by atoms with Crippen LogP contribution in [0.25, 0.3) is 0 Å². The highest BCUT2D eigenvalue weighted by atomic mass is 32.2. The van der Waals surface area contributed by atoms with E-state index in [1.807, 2.05) is 6.26 Å². The molecule has 0 spiro atoms. The standard InChI is InChI=1S/C15H12F2O2S/c1-20-11-5-2-9(3-6-11)14(18)15(19)10-4-7-12(16)13(17)8-10/h2-8,14,18H,1H3. The summed E-state index contributed by atoms with van der Waals surface area (Å²) in [5.41, 5.74) is 0.350. The zero-order chi connectivity index (χ0) is 14.7. The number of hydrogen-bond acceptors (Lipinski definition) is 3. The Hall–Kier alpha value is -1.72. The Bertz CT molecular complexity index is 626. The highest BCUT2D eigenvalue weighted by Gasteiger charge is 2.20. The number of halogens is 2. The van der Waals surface area contributed by atoms with Crippen LogP contribution in [0.5, 0.6) is 0 Å². The van der Waals surface area contributed by atoms with Gasteiger partial charge in [-0.15, -0.1) is 11.8 Å². The molecule has 20 heavy (non-hydrogen) atoms. The summed E-state index contributed by atoms with van der Waals surface area (Å²) in [6.07, 6.45) is 0.522. The van der Waals surface area contributed by atoms with Crippen LogP contribution in [0.2, 0.25) is 0 Å². The fourth-order valence-corrected chi connectivity index (χ4v) is 2.15. The highest BCUT2D eigenvalue weighted by molar-refractivity contribution is 7.98. The molecule has 0 amide bonds. The molecule has 0 heterocycles. The molecule has 1 N–H and O–H groups in total. The van der Waals surface area contributed by atoms with Crippen LogP contribution in [0.15, 0.2) is 47.4 Å². The van der Waals surface area contributed by atoms with Gasteiger partial charge in [-0.2, -0.15) is 0 Å². The number of aliphatic hydroxyl groups excluding tert-OH is 1. The van der Waals surface area contributed by atoms with Gasteiger partial charge in [0.05, 0.1) is 0 Å². The van der Waals surface area contributed by atoms with E-state index in [0.717, 1.165) is 23.1 Å². The Labute approximate surface area is 119 Å². The van der Waals surface area contributed by atoms with Crippen LogP contribution in [-0.4, -0.2) is 17.1 Å². The number of thioether (sulfide) groups is 1. The Kier molecular flexibility index (Phi) is 4.52. The Morgan fingerprint density at radius 1 is 1.10 bits per heavy atom. The fraction of sp³-hybridized carbons (Fsp3) is 0.133. The predicted octanol–water partition coefficient (Wildman–Crippen LogP) is 3.60. The van der Waals surface area contributed by atoms with Crippen LogP contribution in [0.4, 0.5) is 8.78 Å². The first-order valence-corrected chi connectivity index (χ1v) is 7.06. The van der Waals surface area contributed by atoms with Crippen LogP contribution in [-0.2, 0) is 0 Å². The lowest BCUT2D eigenvalue weighted by atomic mass is 10.00. The Morgan fingerprint density at radius 3 is 2.30 bits per heavy atom. The van der Waals surface area contributed by atoms with Crippen molar-refractivity contribution < 1.29 is 18.7 Å². The molecule has 1 atom stereocenters. The third kappa shape index (κ3) is 3.05. The summed E-state index contributed by atoms with van der Waals surface area (Å²) in [5.74, 6) is -2.80. The minimum Gasteiger partial charge on any atom is -0.380 e. The second-order valence-corrected chi connectivity index (χ2v) is 5.05. The van der Waals surface area contributed by atoms with Crippen molar-refractivity contribution in [1.82, 2.24) is 0 Å². The van der Waals surface area contributed by atoms with E-state index in [9.17, 15) is 18.7 Å². The molecule has 0 aromatic heterocycles. The summed E-state index contributed by atoms with van der Waals surface area (Å²) in [5, 5.41) is 9.99. The third-order valence-corrected chi connectivity index (χ3v) is 3.63. The molecule has 2 rings (SSSR count). The van der Waals surface area contributed by atoms with Crippen molar-refractivity contribution in [1.29, 1.82) is 0 Å². The summed E-state index contributed by atoms with van der Waals surface area (Å²) in [6.45, 7) is 0. The molecule has 0 saturated carbocycles. The van der Waals surface area contributed by atoms with Gasteiger partial charge in [-0.3, -0.25) is 4.79 Å². The molecule has 0 aliphatic rings. The zero-order valence-corrected chi connectivity index (χ0v) is 11.5. The molecule has 1 unspecified atom stereocenters. The quantitative estimate of drug-likeness (QED) is 0.691. The zero-order valence-electron chi connectivity index (χ0n) is 10.6. The lowest BCUT2D eigenvalue weighted by Gasteiger charge is -2.10. The molecule has 2 aromatic carbocycles. The first-order valence-electron chi connectivity index (χ1n) is 5.84. The van der Waals surface area contributed by atoms with Gasteiger partial charge in [0.25, 0.3) is 0 Å². The molecule has 0 aliphatic heterocycles. The maximum absolute atomic E-state index is 13.1. The average Bonchev–Trinajstić information content (AvgIpc) is 2.48. The second-order valence-electron chi connectivity index (χ2n) is 4.17. The minimum atomic E-state index is -1.39. The minimum absolute atomic E-state index is 0.0645. The SMILES string of the molecule is CSc1ccc(C(O)C(=O)c2ccc(F)c(F)c2)cc1. The normalized spacial score (nSPS) is 12.2. The van der Waals surface area contributed by atoms with Gasteiger partial charge in [0.15, 0.2) is 17.4 Å². The average molecular weight is 294 g/mol. The molecule has 0 saturated heterocycles. The molecule has 0 radical (unpaired) electrons. The Morgan fingerprint density at radius 2 is 1.75 bits per heavy atom. The highest BCUT2D eigenvalue weighted by Crippen LogP contribution is 2.22. The molecule has 104 valence electrons. The van der Waals surface area contributed by atoms with Crippen molar-refractivity contribution >= 4 is 17.5 Å². The summed E-state index contributed by atoms with van der Waals surface area (Å²) in [7, 11) is 0. The first-order chi connectivity index (χ1) is 9.52. The van der Waals surface area contributed by atoms with E-state index in [0.29, 0.717) is 5.56 Å². The topological polar surface area (TPSA) is 37.3 Å². The largest absolute Gasteiger partial charge is 0.380 e. The van der Waals surface area contributed by atoms with E-state index in [1.54, 1.807) is 24.3 Å². The number of carbonyl (C=O) groups is 1. The molecular formula is C15H12F2O2S. The summed E-state index contributed by atoms with van der Waals surface area (Å²) < 4.78 is 25.9. The smallest absolute Gasteiger partial charge is 0.195 e. The van der Waals surface area contributed by atoms with Crippen molar-refractivity contribution in [2.45, 2.75) is 11.0 Å². The molecule has 0 fully saturated rings. The molecule has 0 bridgehead atoms. The summed E-state index contributed by atoms with van der Waals surface area (Å²) in [4.78, 5) is 13.0. The van der Waals surface area contributed by atoms with Gasteiger partial charge in [-0.25, -0.2) is 8.78 Å². The molecule has 0 aliphatic carbocycles.